The molecule has 1 fully saturated rings. The third-order valence-corrected chi connectivity index (χ3v) is 2.42. The van der Waals surface area contributed by atoms with E-state index in [-0.39, 0.29) is 12.4 Å². The average molecular weight is 253 g/mol. The quantitative estimate of drug-likeness (QED) is 0.831. The van der Waals surface area contributed by atoms with E-state index >= 15 is 0 Å². The van der Waals surface area contributed by atoms with Gasteiger partial charge in [0.25, 0.3) is 0 Å². The Kier molecular flexibility index (Phi) is 3.62. The summed E-state index contributed by atoms with van der Waals surface area (Å²) in [6, 6.07) is 4.41. The van der Waals surface area contributed by atoms with Crippen molar-refractivity contribution >= 4 is 28.3 Å². The van der Waals surface area contributed by atoms with Gasteiger partial charge in [0.05, 0.1) is 6.04 Å². The average Bonchev–Trinajstić information content (AvgIpc) is 2.55. The van der Waals surface area contributed by atoms with Crippen LogP contribution < -0.4 is 5.32 Å². The van der Waals surface area contributed by atoms with Gasteiger partial charge in [-0.1, -0.05) is 0 Å². The summed E-state index contributed by atoms with van der Waals surface area (Å²) in [7, 11) is 0. The molecule has 1 aliphatic heterocycles. The van der Waals surface area contributed by atoms with E-state index in [4.69, 9.17) is 4.42 Å². The van der Waals surface area contributed by atoms with Gasteiger partial charge >= 0.3 is 0 Å². The number of hydrogen-bond donors (Lipinski definition) is 1. The molecule has 0 radical (unpaired) electrons. The molecule has 68 valence electrons. The van der Waals surface area contributed by atoms with Crippen LogP contribution in [0, 0.1) is 0 Å². The highest BCUT2D eigenvalue weighted by molar-refractivity contribution is 9.10. The van der Waals surface area contributed by atoms with Crippen LogP contribution in [0.25, 0.3) is 0 Å². The van der Waals surface area contributed by atoms with Crippen molar-refractivity contribution < 1.29 is 4.42 Å². The monoisotopic (exact) mass is 251 g/mol. The van der Waals surface area contributed by atoms with Gasteiger partial charge in [0.1, 0.15) is 5.76 Å². The number of hydrogen-bond acceptors (Lipinski definition) is 2. The van der Waals surface area contributed by atoms with Crippen molar-refractivity contribution in [2.24, 2.45) is 0 Å². The molecule has 1 N–H and O–H groups in total. The summed E-state index contributed by atoms with van der Waals surface area (Å²) >= 11 is 3.28. The highest BCUT2D eigenvalue weighted by atomic mass is 79.9. The second kappa shape index (κ2) is 4.30. The Balaban J connectivity index is 0.000000720. The molecule has 1 aromatic heterocycles. The number of nitrogens with one attached hydrogen (secondary N) is 1. The Labute approximate surface area is 86.3 Å². The third-order valence-electron chi connectivity index (χ3n) is 2.00. The molecule has 0 aliphatic carbocycles. The van der Waals surface area contributed by atoms with E-state index in [1.165, 1.54) is 12.8 Å². The molecular weight excluding hydrogens is 241 g/mol. The van der Waals surface area contributed by atoms with Gasteiger partial charge in [-0.15, -0.1) is 12.4 Å². The lowest BCUT2D eigenvalue weighted by Crippen LogP contribution is -2.11. The normalized spacial score (nSPS) is 22.2. The largest absolute Gasteiger partial charge is 0.453 e. The lowest BCUT2D eigenvalue weighted by Gasteiger charge is -2.04. The van der Waals surface area contributed by atoms with Crippen LogP contribution in [-0.2, 0) is 0 Å². The third kappa shape index (κ3) is 2.03. The Hall–Kier alpha value is 0.01000. The lowest BCUT2D eigenvalue weighted by atomic mass is 10.2. The van der Waals surface area contributed by atoms with Crippen LogP contribution in [0.4, 0.5) is 0 Å². The van der Waals surface area contributed by atoms with Crippen LogP contribution in [-0.4, -0.2) is 6.54 Å². The molecule has 1 atom stereocenters. The molecule has 0 spiro atoms. The zero-order valence-corrected chi connectivity index (χ0v) is 8.95. The predicted octanol–water partition coefficient (Wildman–Crippen LogP) is 2.89. The lowest BCUT2D eigenvalue weighted by molar-refractivity contribution is 0.431. The van der Waals surface area contributed by atoms with Gasteiger partial charge in [0, 0.05) is 0 Å². The van der Waals surface area contributed by atoms with Gasteiger partial charge in [-0.3, -0.25) is 0 Å². The summed E-state index contributed by atoms with van der Waals surface area (Å²) < 4.78 is 6.24. The van der Waals surface area contributed by atoms with Gasteiger partial charge in [-0.05, 0) is 47.4 Å². The number of furan rings is 1. The first-order valence-electron chi connectivity index (χ1n) is 3.85. The minimum atomic E-state index is 0. The van der Waals surface area contributed by atoms with Crippen molar-refractivity contribution in [3.05, 3.63) is 22.6 Å². The maximum absolute atomic E-state index is 5.42. The van der Waals surface area contributed by atoms with Crippen molar-refractivity contribution in [1.29, 1.82) is 0 Å². The molecule has 0 amide bonds. The van der Waals surface area contributed by atoms with Crippen molar-refractivity contribution in [2.45, 2.75) is 18.9 Å². The first kappa shape index (κ1) is 10.1. The Bertz CT molecular complexity index is 245. The summed E-state index contributed by atoms with van der Waals surface area (Å²) in [5, 5.41) is 3.37. The molecule has 2 rings (SSSR count). The fourth-order valence-corrected chi connectivity index (χ4v) is 1.76. The van der Waals surface area contributed by atoms with E-state index in [0.29, 0.717) is 6.04 Å². The van der Waals surface area contributed by atoms with E-state index in [1.807, 2.05) is 12.1 Å². The minimum Gasteiger partial charge on any atom is -0.453 e. The van der Waals surface area contributed by atoms with Crippen LogP contribution in [0.3, 0.4) is 0 Å². The standard InChI is InChI=1S/C8H10BrNO.ClH/c9-8-4-3-7(11-8)6-2-1-5-10-6;/h3-4,6,10H,1-2,5H2;1H/t6-;/m0./s1. The molecule has 1 saturated heterocycles. The van der Waals surface area contributed by atoms with Crippen LogP contribution in [0.1, 0.15) is 24.6 Å². The van der Waals surface area contributed by atoms with Crippen molar-refractivity contribution in [1.82, 2.24) is 5.32 Å². The van der Waals surface area contributed by atoms with Gasteiger partial charge in [-0.2, -0.15) is 0 Å². The maximum Gasteiger partial charge on any atom is 0.169 e. The highest BCUT2D eigenvalue weighted by Gasteiger charge is 2.18. The fourth-order valence-electron chi connectivity index (χ4n) is 1.44. The summed E-state index contributed by atoms with van der Waals surface area (Å²) in [6.07, 6.45) is 2.45. The zero-order valence-electron chi connectivity index (χ0n) is 6.55. The van der Waals surface area contributed by atoms with Gasteiger partial charge in [0.15, 0.2) is 4.67 Å². The molecule has 1 aliphatic rings. The first-order chi connectivity index (χ1) is 5.36. The fraction of sp³-hybridized carbons (Fsp3) is 0.500. The molecule has 0 aromatic carbocycles. The Morgan fingerprint density at radius 1 is 1.50 bits per heavy atom. The molecule has 12 heavy (non-hydrogen) atoms. The maximum atomic E-state index is 5.42. The van der Waals surface area contributed by atoms with E-state index in [9.17, 15) is 0 Å². The topological polar surface area (TPSA) is 25.2 Å². The van der Waals surface area contributed by atoms with E-state index in [1.54, 1.807) is 0 Å². The van der Waals surface area contributed by atoms with Crippen LogP contribution in [0.2, 0.25) is 0 Å². The second-order valence-corrected chi connectivity index (χ2v) is 3.57. The molecule has 0 saturated carbocycles. The van der Waals surface area contributed by atoms with E-state index in [2.05, 4.69) is 21.2 Å². The van der Waals surface area contributed by atoms with E-state index in [0.717, 1.165) is 17.0 Å². The van der Waals surface area contributed by atoms with Crippen LogP contribution >= 0.6 is 28.3 Å². The molecule has 4 heteroatoms. The van der Waals surface area contributed by atoms with Gasteiger partial charge < -0.3 is 9.73 Å². The van der Waals surface area contributed by atoms with Crippen LogP contribution in [0.5, 0.6) is 0 Å². The SMILES string of the molecule is Brc1ccc([C@@H]2CCCN2)o1.Cl. The molecular formula is C8H11BrClNO. The highest BCUT2D eigenvalue weighted by Crippen LogP contribution is 2.26. The predicted molar refractivity (Wildman–Crippen MR) is 53.6 cm³/mol. The summed E-state index contributed by atoms with van der Waals surface area (Å²) in [6.45, 7) is 1.11. The Morgan fingerprint density at radius 3 is 2.83 bits per heavy atom. The first-order valence-corrected chi connectivity index (χ1v) is 4.64. The van der Waals surface area contributed by atoms with Crippen molar-refractivity contribution in [3.8, 4) is 0 Å². The smallest absolute Gasteiger partial charge is 0.169 e. The summed E-state index contributed by atoms with van der Waals surface area (Å²) in [4.78, 5) is 0. The molecule has 0 unspecified atom stereocenters. The summed E-state index contributed by atoms with van der Waals surface area (Å²) in [5.74, 6) is 1.05. The van der Waals surface area contributed by atoms with Crippen molar-refractivity contribution in [2.75, 3.05) is 6.54 Å². The van der Waals surface area contributed by atoms with Crippen molar-refractivity contribution in [3.63, 3.8) is 0 Å². The summed E-state index contributed by atoms with van der Waals surface area (Å²) in [5.41, 5.74) is 0. The second-order valence-electron chi connectivity index (χ2n) is 2.79. The molecule has 2 nitrogen and oxygen atoms in total. The number of rotatable bonds is 1. The molecule has 1 aromatic rings. The van der Waals surface area contributed by atoms with Crippen LogP contribution in [0.15, 0.2) is 21.2 Å². The Morgan fingerprint density at radius 2 is 2.33 bits per heavy atom. The van der Waals surface area contributed by atoms with E-state index < -0.39 is 0 Å². The minimum absolute atomic E-state index is 0. The zero-order chi connectivity index (χ0) is 7.68. The molecule has 2 heterocycles. The van der Waals surface area contributed by atoms with Gasteiger partial charge in [0.2, 0.25) is 0 Å². The number of halogens is 2. The molecule has 0 bridgehead atoms. The van der Waals surface area contributed by atoms with Gasteiger partial charge in [-0.25, -0.2) is 0 Å².